The number of likely N-dealkylation sites (tertiary alicyclic amines) is 1. The van der Waals surface area contributed by atoms with Crippen molar-refractivity contribution in [3.05, 3.63) is 71.8 Å². The molecular formula is C23H27N3O3. The van der Waals surface area contributed by atoms with Gasteiger partial charge in [0, 0.05) is 39.8 Å². The highest BCUT2D eigenvalue weighted by Gasteiger charge is 2.57. The molecule has 0 unspecified atom stereocenters. The van der Waals surface area contributed by atoms with E-state index in [-0.39, 0.29) is 11.8 Å². The van der Waals surface area contributed by atoms with Gasteiger partial charge in [-0.05, 0) is 11.1 Å². The lowest BCUT2D eigenvalue weighted by Gasteiger charge is -2.37. The summed E-state index contributed by atoms with van der Waals surface area (Å²) < 4.78 is 6.04. The van der Waals surface area contributed by atoms with Crippen LogP contribution >= 0.6 is 0 Å². The van der Waals surface area contributed by atoms with Gasteiger partial charge in [0.2, 0.25) is 5.91 Å². The maximum atomic E-state index is 13.4. The fourth-order valence-corrected chi connectivity index (χ4v) is 4.34. The van der Waals surface area contributed by atoms with Crippen LogP contribution in [0, 0.1) is 5.92 Å². The van der Waals surface area contributed by atoms with Crippen LogP contribution < -0.4 is 5.32 Å². The second-order valence-electron chi connectivity index (χ2n) is 7.88. The Bertz CT molecular complexity index is 858. The molecule has 2 aromatic rings. The van der Waals surface area contributed by atoms with Crippen LogP contribution in [0.25, 0.3) is 0 Å². The molecule has 0 radical (unpaired) electrons. The summed E-state index contributed by atoms with van der Waals surface area (Å²) in [7, 11) is 1.80. The zero-order valence-electron chi connectivity index (χ0n) is 16.7. The van der Waals surface area contributed by atoms with Crippen LogP contribution in [0.2, 0.25) is 0 Å². The Morgan fingerprint density at radius 2 is 1.79 bits per heavy atom. The van der Waals surface area contributed by atoms with Gasteiger partial charge in [0.25, 0.3) is 5.91 Å². The van der Waals surface area contributed by atoms with Crippen LogP contribution in [-0.2, 0) is 27.4 Å². The highest BCUT2D eigenvalue weighted by atomic mass is 16.5. The average molecular weight is 393 g/mol. The number of ether oxygens (including phenoxy) is 1. The minimum atomic E-state index is -1.12. The number of rotatable bonds is 5. The molecule has 2 aliphatic heterocycles. The lowest BCUT2D eigenvalue weighted by molar-refractivity contribution is -0.166. The molecule has 2 amide bonds. The highest BCUT2D eigenvalue weighted by Crippen LogP contribution is 2.35. The van der Waals surface area contributed by atoms with Crippen molar-refractivity contribution in [1.29, 1.82) is 0 Å². The van der Waals surface area contributed by atoms with Crippen LogP contribution in [0.15, 0.2) is 60.7 Å². The molecule has 2 atom stereocenters. The summed E-state index contributed by atoms with van der Waals surface area (Å²) in [4.78, 5) is 30.1. The zero-order valence-corrected chi connectivity index (χ0v) is 16.7. The van der Waals surface area contributed by atoms with Crippen LogP contribution in [0.1, 0.15) is 11.1 Å². The van der Waals surface area contributed by atoms with Crippen molar-refractivity contribution in [3.8, 4) is 0 Å². The molecule has 1 N–H and O–H groups in total. The number of hydrogen-bond acceptors (Lipinski definition) is 4. The SMILES string of the molecule is CN(Cc1ccccc1)C(=O)[C@H]1CN(Cc2ccccc2)C[C@@]12OCCNC2=O. The van der Waals surface area contributed by atoms with E-state index in [4.69, 9.17) is 4.74 Å². The maximum Gasteiger partial charge on any atom is 0.254 e. The second kappa shape index (κ2) is 8.35. The summed E-state index contributed by atoms with van der Waals surface area (Å²) in [5.74, 6) is -0.757. The van der Waals surface area contributed by atoms with Crippen molar-refractivity contribution in [2.24, 2.45) is 5.92 Å². The Balaban J connectivity index is 1.55. The van der Waals surface area contributed by atoms with Crippen molar-refractivity contribution in [2.45, 2.75) is 18.7 Å². The van der Waals surface area contributed by atoms with Crippen LogP contribution in [-0.4, -0.2) is 60.5 Å². The first-order valence-corrected chi connectivity index (χ1v) is 10.1. The van der Waals surface area contributed by atoms with Gasteiger partial charge in [0.15, 0.2) is 5.60 Å². The number of nitrogens with one attached hydrogen (secondary N) is 1. The van der Waals surface area contributed by atoms with Crippen molar-refractivity contribution < 1.29 is 14.3 Å². The molecule has 0 aromatic heterocycles. The number of nitrogens with zero attached hydrogens (tertiary/aromatic N) is 2. The Hall–Kier alpha value is -2.70. The molecule has 0 bridgehead atoms. The molecule has 6 heteroatoms. The van der Waals surface area contributed by atoms with E-state index >= 15 is 0 Å². The third-order valence-electron chi connectivity index (χ3n) is 5.78. The monoisotopic (exact) mass is 393 g/mol. The van der Waals surface area contributed by atoms with Gasteiger partial charge in [-0.15, -0.1) is 0 Å². The lowest BCUT2D eigenvalue weighted by atomic mass is 9.87. The van der Waals surface area contributed by atoms with Gasteiger partial charge < -0.3 is 15.0 Å². The Morgan fingerprint density at radius 1 is 1.14 bits per heavy atom. The summed E-state index contributed by atoms with van der Waals surface area (Å²) >= 11 is 0. The predicted octanol–water partition coefficient (Wildman–Crippen LogP) is 1.66. The number of morpholine rings is 1. The number of amides is 2. The van der Waals surface area contributed by atoms with Gasteiger partial charge in [0.05, 0.1) is 12.5 Å². The van der Waals surface area contributed by atoms with E-state index in [1.807, 2.05) is 48.5 Å². The van der Waals surface area contributed by atoms with Crippen LogP contribution in [0.5, 0.6) is 0 Å². The second-order valence-corrected chi connectivity index (χ2v) is 7.88. The van der Waals surface area contributed by atoms with E-state index in [0.717, 1.165) is 11.1 Å². The fourth-order valence-electron chi connectivity index (χ4n) is 4.34. The highest BCUT2D eigenvalue weighted by molar-refractivity contribution is 5.94. The maximum absolute atomic E-state index is 13.4. The van der Waals surface area contributed by atoms with Crippen molar-refractivity contribution >= 4 is 11.8 Å². The molecule has 2 aliphatic rings. The molecule has 1 spiro atoms. The first kappa shape index (κ1) is 19.6. The van der Waals surface area contributed by atoms with Gasteiger partial charge in [-0.1, -0.05) is 60.7 Å². The van der Waals surface area contributed by atoms with Crippen LogP contribution in [0.3, 0.4) is 0 Å². The van der Waals surface area contributed by atoms with Gasteiger partial charge in [-0.3, -0.25) is 14.5 Å². The molecule has 29 heavy (non-hydrogen) atoms. The van der Waals surface area contributed by atoms with E-state index in [2.05, 4.69) is 22.3 Å². The molecule has 0 saturated carbocycles. The minimum absolute atomic E-state index is 0.0542. The van der Waals surface area contributed by atoms with E-state index < -0.39 is 11.5 Å². The number of hydrogen-bond donors (Lipinski definition) is 1. The minimum Gasteiger partial charge on any atom is -0.361 e. The zero-order chi connectivity index (χ0) is 20.3. The molecule has 2 fully saturated rings. The molecule has 4 rings (SSSR count). The van der Waals surface area contributed by atoms with E-state index in [0.29, 0.717) is 39.3 Å². The van der Waals surface area contributed by atoms with Crippen LogP contribution in [0.4, 0.5) is 0 Å². The largest absolute Gasteiger partial charge is 0.361 e. The normalized spacial score (nSPS) is 24.4. The van der Waals surface area contributed by atoms with E-state index in [1.165, 1.54) is 0 Å². The summed E-state index contributed by atoms with van der Waals surface area (Å²) in [5, 5.41) is 2.91. The molecular weight excluding hydrogens is 366 g/mol. The molecule has 152 valence electrons. The first-order valence-electron chi connectivity index (χ1n) is 10.1. The topological polar surface area (TPSA) is 61.9 Å². The van der Waals surface area contributed by atoms with Crippen molar-refractivity contribution in [3.63, 3.8) is 0 Å². The van der Waals surface area contributed by atoms with Gasteiger partial charge >= 0.3 is 0 Å². The standard InChI is InChI=1S/C23H27N3O3/c1-25(14-18-8-4-2-5-9-18)21(27)20-16-26(15-19-10-6-3-7-11-19)17-23(20)22(28)24-12-13-29-23/h2-11,20H,12-17H2,1H3,(H,24,28)/t20-,23-/m1/s1. The van der Waals surface area contributed by atoms with E-state index in [1.54, 1.807) is 11.9 Å². The molecule has 2 heterocycles. The summed E-state index contributed by atoms with van der Waals surface area (Å²) in [6.07, 6.45) is 0. The van der Waals surface area contributed by atoms with Gasteiger partial charge in [-0.25, -0.2) is 0 Å². The number of benzene rings is 2. The molecule has 2 saturated heterocycles. The average Bonchev–Trinajstić information content (AvgIpc) is 3.10. The number of carbonyl (C=O) groups excluding carboxylic acids is 2. The summed E-state index contributed by atoms with van der Waals surface area (Å²) in [6.45, 7) is 3.03. The van der Waals surface area contributed by atoms with Gasteiger partial charge in [0.1, 0.15) is 0 Å². The molecule has 6 nitrogen and oxygen atoms in total. The third-order valence-corrected chi connectivity index (χ3v) is 5.78. The molecule has 0 aliphatic carbocycles. The Labute approximate surface area is 171 Å². The first-order chi connectivity index (χ1) is 14.1. The van der Waals surface area contributed by atoms with E-state index in [9.17, 15) is 9.59 Å². The predicted molar refractivity (Wildman–Crippen MR) is 110 cm³/mol. The Kier molecular flexibility index (Phi) is 5.65. The van der Waals surface area contributed by atoms with Gasteiger partial charge in [-0.2, -0.15) is 0 Å². The Morgan fingerprint density at radius 3 is 2.45 bits per heavy atom. The van der Waals surface area contributed by atoms with Crippen molar-refractivity contribution in [2.75, 3.05) is 33.3 Å². The van der Waals surface area contributed by atoms with Crippen molar-refractivity contribution in [1.82, 2.24) is 15.1 Å². The summed E-state index contributed by atoms with van der Waals surface area (Å²) in [5.41, 5.74) is 1.10. The third kappa shape index (κ3) is 4.04. The fraction of sp³-hybridized carbons (Fsp3) is 0.391. The molecule has 2 aromatic carbocycles. The lowest BCUT2D eigenvalue weighted by Crippen LogP contribution is -2.62. The quantitative estimate of drug-likeness (QED) is 0.839. The smallest absolute Gasteiger partial charge is 0.254 e. The summed E-state index contributed by atoms with van der Waals surface area (Å²) in [6, 6.07) is 20.0. The number of carbonyl (C=O) groups is 2.